The highest BCUT2D eigenvalue weighted by Gasteiger charge is 2.10. The molecule has 1 atom stereocenters. The number of thioether (sulfide) groups is 1. The zero-order chi connectivity index (χ0) is 11.3. The Balaban J connectivity index is 2.61. The average Bonchev–Trinajstić information content (AvgIpc) is 2.18. The van der Waals surface area contributed by atoms with Crippen molar-refractivity contribution in [3.8, 4) is 0 Å². The molecule has 82 valence electrons. The number of carbonyl (C=O) groups excluding carboxylic acids is 1. The van der Waals surface area contributed by atoms with E-state index >= 15 is 0 Å². The van der Waals surface area contributed by atoms with Gasteiger partial charge in [0.15, 0.2) is 0 Å². The summed E-state index contributed by atoms with van der Waals surface area (Å²) in [6.07, 6.45) is 3.53. The predicted molar refractivity (Wildman–Crippen MR) is 64.0 cm³/mol. The first-order chi connectivity index (χ1) is 7.13. The first-order valence-corrected chi connectivity index (χ1v) is 6.04. The minimum atomic E-state index is -0.177. The van der Waals surface area contributed by atoms with Crippen molar-refractivity contribution < 1.29 is 4.79 Å². The molecule has 1 rings (SSSR count). The molecular formula is C10H15N3OS. The third-order valence-corrected chi connectivity index (χ3v) is 2.64. The summed E-state index contributed by atoms with van der Waals surface area (Å²) in [4.78, 5) is 15.6. The summed E-state index contributed by atoms with van der Waals surface area (Å²) in [5.74, 6) is 0.706. The molecular weight excluding hydrogens is 210 g/mol. The van der Waals surface area contributed by atoms with Gasteiger partial charge in [-0.1, -0.05) is 0 Å². The molecule has 0 saturated heterocycles. The van der Waals surface area contributed by atoms with Crippen LogP contribution in [0.5, 0.6) is 0 Å². The standard InChI is InChI=1S/C10H15N3OS/c1-7(6-15-2)13-10(14)9-5-8(11)3-4-12-9/h3-5,7H,6H2,1-2H3,(H2,11,12)(H,13,14). The number of aromatic nitrogens is 1. The molecule has 0 aromatic carbocycles. The summed E-state index contributed by atoms with van der Waals surface area (Å²) in [5, 5.41) is 2.85. The highest BCUT2D eigenvalue weighted by Crippen LogP contribution is 2.03. The first kappa shape index (κ1) is 11.8. The number of anilines is 1. The Labute approximate surface area is 93.7 Å². The Bertz CT molecular complexity index is 343. The van der Waals surface area contributed by atoms with Crippen LogP contribution in [0.15, 0.2) is 18.3 Å². The lowest BCUT2D eigenvalue weighted by atomic mass is 10.3. The van der Waals surface area contributed by atoms with E-state index in [1.165, 1.54) is 6.20 Å². The van der Waals surface area contributed by atoms with E-state index in [2.05, 4.69) is 10.3 Å². The largest absolute Gasteiger partial charge is 0.399 e. The van der Waals surface area contributed by atoms with Crippen molar-refractivity contribution in [3.05, 3.63) is 24.0 Å². The maximum atomic E-state index is 11.6. The van der Waals surface area contributed by atoms with Crippen LogP contribution in [-0.2, 0) is 0 Å². The maximum Gasteiger partial charge on any atom is 0.270 e. The van der Waals surface area contributed by atoms with Gasteiger partial charge in [-0.15, -0.1) is 0 Å². The number of hydrogen-bond donors (Lipinski definition) is 2. The van der Waals surface area contributed by atoms with Crippen LogP contribution >= 0.6 is 11.8 Å². The Hall–Kier alpha value is -1.23. The van der Waals surface area contributed by atoms with E-state index in [-0.39, 0.29) is 11.9 Å². The van der Waals surface area contributed by atoms with Crippen LogP contribution in [0.3, 0.4) is 0 Å². The van der Waals surface area contributed by atoms with Crippen molar-refractivity contribution in [1.29, 1.82) is 0 Å². The summed E-state index contributed by atoms with van der Waals surface area (Å²) in [6, 6.07) is 3.36. The lowest BCUT2D eigenvalue weighted by molar-refractivity contribution is 0.0939. The Morgan fingerprint density at radius 3 is 3.07 bits per heavy atom. The van der Waals surface area contributed by atoms with Crippen molar-refractivity contribution in [2.75, 3.05) is 17.7 Å². The van der Waals surface area contributed by atoms with Crippen molar-refractivity contribution in [1.82, 2.24) is 10.3 Å². The molecule has 1 amide bonds. The van der Waals surface area contributed by atoms with Gasteiger partial charge in [0.1, 0.15) is 5.69 Å². The average molecular weight is 225 g/mol. The molecule has 1 aromatic rings. The molecule has 5 heteroatoms. The van der Waals surface area contributed by atoms with Crippen LogP contribution in [0.25, 0.3) is 0 Å². The van der Waals surface area contributed by atoms with Crippen molar-refractivity contribution in [2.24, 2.45) is 0 Å². The number of amides is 1. The molecule has 15 heavy (non-hydrogen) atoms. The molecule has 1 heterocycles. The molecule has 0 aliphatic carbocycles. The summed E-state index contributed by atoms with van der Waals surface area (Å²) in [6.45, 7) is 1.96. The molecule has 0 fully saturated rings. The monoisotopic (exact) mass is 225 g/mol. The summed E-state index contributed by atoms with van der Waals surface area (Å²) in [7, 11) is 0. The maximum absolute atomic E-state index is 11.6. The normalized spacial score (nSPS) is 12.1. The molecule has 0 spiro atoms. The fourth-order valence-corrected chi connectivity index (χ4v) is 1.74. The lowest BCUT2D eigenvalue weighted by Crippen LogP contribution is -2.34. The number of nitrogen functional groups attached to an aromatic ring is 1. The molecule has 0 radical (unpaired) electrons. The molecule has 1 aromatic heterocycles. The summed E-state index contributed by atoms with van der Waals surface area (Å²) >= 11 is 1.69. The van der Waals surface area contributed by atoms with Gasteiger partial charge in [-0.2, -0.15) is 11.8 Å². The minimum absolute atomic E-state index is 0.135. The minimum Gasteiger partial charge on any atom is -0.399 e. The Morgan fingerprint density at radius 1 is 1.73 bits per heavy atom. The van der Waals surface area contributed by atoms with Crippen LogP contribution in [0.1, 0.15) is 17.4 Å². The predicted octanol–water partition coefficient (Wildman–Crippen LogP) is 1.15. The van der Waals surface area contributed by atoms with E-state index in [0.29, 0.717) is 11.4 Å². The van der Waals surface area contributed by atoms with Crippen LogP contribution in [0.2, 0.25) is 0 Å². The fourth-order valence-electron chi connectivity index (χ4n) is 1.16. The van der Waals surface area contributed by atoms with Crippen LogP contribution < -0.4 is 11.1 Å². The zero-order valence-electron chi connectivity index (χ0n) is 8.86. The second-order valence-electron chi connectivity index (χ2n) is 3.30. The van der Waals surface area contributed by atoms with Gasteiger partial charge in [-0.3, -0.25) is 9.78 Å². The molecule has 1 unspecified atom stereocenters. The second-order valence-corrected chi connectivity index (χ2v) is 4.21. The Kier molecular flexibility index (Phi) is 4.42. The summed E-state index contributed by atoms with van der Waals surface area (Å²) in [5.41, 5.74) is 6.47. The first-order valence-electron chi connectivity index (χ1n) is 4.65. The van der Waals surface area contributed by atoms with Gasteiger partial charge in [0.05, 0.1) is 0 Å². The van der Waals surface area contributed by atoms with Crippen molar-refractivity contribution in [3.63, 3.8) is 0 Å². The van der Waals surface area contributed by atoms with Crippen molar-refractivity contribution >= 4 is 23.4 Å². The van der Waals surface area contributed by atoms with Gasteiger partial charge in [0.2, 0.25) is 0 Å². The number of rotatable bonds is 4. The van der Waals surface area contributed by atoms with Gasteiger partial charge in [0, 0.05) is 23.7 Å². The summed E-state index contributed by atoms with van der Waals surface area (Å²) < 4.78 is 0. The number of nitrogens with one attached hydrogen (secondary N) is 1. The number of nitrogens with two attached hydrogens (primary N) is 1. The molecule has 0 bridgehead atoms. The van der Waals surface area contributed by atoms with Gasteiger partial charge < -0.3 is 11.1 Å². The van der Waals surface area contributed by atoms with Crippen LogP contribution in [0.4, 0.5) is 5.69 Å². The zero-order valence-corrected chi connectivity index (χ0v) is 9.67. The third kappa shape index (κ3) is 3.79. The van der Waals surface area contributed by atoms with Gasteiger partial charge in [-0.25, -0.2) is 0 Å². The SMILES string of the molecule is CSCC(C)NC(=O)c1cc(N)ccn1. The van der Waals surface area contributed by atoms with E-state index in [9.17, 15) is 4.79 Å². The van der Waals surface area contributed by atoms with E-state index in [1.807, 2.05) is 13.2 Å². The van der Waals surface area contributed by atoms with Crippen LogP contribution in [-0.4, -0.2) is 28.9 Å². The molecule has 0 aliphatic heterocycles. The number of carbonyl (C=O) groups is 1. The second kappa shape index (κ2) is 5.60. The smallest absolute Gasteiger partial charge is 0.270 e. The van der Waals surface area contributed by atoms with Gasteiger partial charge in [-0.05, 0) is 25.3 Å². The topological polar surface area (TPSA) is 68.0 Å². The van der Waals surface area contributed by atoms with Crippen LogP contribution in [0, 0.1) is 0 Å². The van der Waals surface area contributed by atoms with E-state index in [1.54, 1.807) is 23.9 Å². The van der Waals surface area contributed by atoms with E-state index < -0.39 is 0 Å². The van der Waals surface area contributed by atoms with Gasteiger partial charge in [0.25, 0.3) is 5.91 Å². The highest BCUT2D eigenvalue weighted by atomic mass is 32.2. The van der Waals surface area contributed by atoms with Gasteiger partial charge >= 0.3 is 0 Å². The fraction of sp³-hybridized carbons (Fsp3) is 0.400. The quantitative estimate of drug-likeness (QED) is 0.806. The number of hydrogen-bond acceptors (Lipinski definition) is 4. The van der Waals surface area contributed by atoms with E-state index in [0.717, 1.165) is 5.75 Å². The van der Waals surface area contributed by atoms with Crippen molar-refractivity contribution in [2.45, 2.75) is 13.0 Å². The molecule has 0 saturated carbocycles. The molecule has 0 aliphatic rings. The number of nitrogens with zero attached hydrogens (tertiary/aromatic N) is 1. The molecule has 4 nitrogen and oxygen atoms in total. The lowest BCUT2D eigenvalue weighted by Gasteiger charge is -2.11. The number of pyridine rings is 1. The molecule has 3 N–H and O–H groups in total. The Morgan fingerprint density at radius 2 is 2.47 bits per heavy atom. The highest BCUT2D eigenvalue weighted by molar-refractivity contribution is 7.98. The van der Waals surface area contributed by atoms with E-state index in [4.69, 9.17) is 5.73 Å². The third-order valence-electron chi connectivity index (χ3n) is 1.81.